The summed E-state index contributed by atoms with van der Waals surface area (Å²) >= 11 is 0. The standard InChI is InChI=1S/C41H48FN7O4/c1-5-49(27(2)3)40(51)32-19-30(42)11-12-35(32)53-37-22-43-26-46-39(37)48-24-41(25-48)20-31(21-41)52-36-14-17-45-33-15-18-47(23-29-9-7-6-8-10-29)34(38(33)36)13-16-44-28(4)50/h6-12,14,17,19,22,26-27,31,34H,5,13,15-16,18,20-21,23-25H2,1-4H3,(H,44,50). The van der Waals surface area contributed by atoms with Crippen LogP contribution in [0.3, 0.4) is 0 Å². The van der Waals surface area contributed by atoms with Crippen LogP contribution in [0, 0.1) is 11.2 Å². The van der Waals surface area contributed by atoms with Gasteiger partial charge in [-0.05, 0) is 69.9 Å². The second-order valence-electron chi connectivity index (χ2n) is 14.8. The molecule has 1 unspecified atom stereocenters. The molecule has 2 amide bonds. The second-order valence-corrected chi connectivity index (χ2v) is 14.8. The van der Waals surface area contributed by atoms with Crippen LogP contribution in [-0.4, -0.2) is 81.4 Å². The van der Waals surface area contributed by atoms with Gasteiger partial charge in [0.05, 0.1) is 17.5 Å². The summed E-state index contributed by atoms with van der Waals surface area (Å²) in [5.41, 5.74) is 3.71. The van der Waals surface area contributed by atoms with Crippen LogP contribution >= 0.6 is 0 Å². The quantitative estimate of drug-likeness (QED) is 0.169. The summed E-state index contributed by atoms with van der Waals surface area (Å²) in [4.78, 5) is 45.1. The van der Waals surface area contributed by atoms with E-state index in [-0.39, 0.29) is 46.7 Å². The Morgan fingerprint density at radius 2 is 1.85 bits per heavy atom. The fourth-order valence-corrected chi connectivity index (χ4v) is 8.20. The number of carbonyl (C=O) groups is 2. The van der Waals surface area contributed by atoms with E-state index in [9.17, 15) is 14.0 Å². The minimum atomic E-state index is -0.506. The first-order chi connectivity index (χ1) is 25.6. The van der Waals surface area contributed by atoms with Gasteiger partial charge < -0.3 is 24.6 Å². The average molecular weight is 722 g/mol. The number of ether oxygens (including phenoxy) is 2. The van der Waals surface area contributed by atoms with E-state index in [0.29, 0.717) is 24.7 Å². The summed E-state index contributed by atoms with van der Waals surface area (Å²) in [6.45, 7) is 11.6. The molecule has 1 spiro atoms. The van der Waals surface area contributed by atoms with Gasteiger partial charge in [-0.25, -0.2) is 14.4 Å². The van der Waals surface area contributed by atoms with Gasteiger partial charge in [0.1, 0.15) is 29.7 Å². The maximum absolute atomic E-state index is 14.4. The number of aromatic nitrogens is 3. The summed E-state index contributed by atoms with van der Waals surface area (Å²) < 4.78 is 27.4. The van der Waals surface area contributed by atoms with Gasteiger partial charge in [0.15, 0.2) is 11.6 Å². The van der Waals surface area contributed by atoms with Crippen LogP contribution in [0.15, 0.2) is 73.3 Å². The number of rotatable bonds is 13. The van der Waals surface area contributed by atoms with E-state index in [0.717, 1.165) is 68.9 Å². The highest BCUT2D eigenvalue weighted by Gasteiger charge is 2.54. The highest BCUT2D eigenvalue weighted by molar-refractivity contribution is 5.97. The molecule has 1 saturated heterocycles. The third-order valence-corrected chi connectivity index (χ3v) is 10.7. The Labute approximate surface area is 310 Å². The third kappa shape index (κ3) is 7.83. The Morgan fingerprint density at radius 3 is 2.58 bits per heavy atom. The largest absolute Gasteiger partial charge is 0.490 e. The van der Waals surface area contributed by atoms with Crippen molar-refractivity contribution in [2.75, 3.05) is 37.6 Å². The predicted molar refractivity (Wildman–Crippen MR) is 199 cm³/mol. The Hall–Kier alpha value is -5.10. The molecule has 2 aliphatic heterocycles. The van der Waals surface area contributed by atoms with Crippen LogP contribution in [0.25, 0.3) is 0 Å². The van der Waals surface area contributed by atoms with Crippen molar-refractivity contribution in [2.45, 2.75) is 78.1 Å². The number of hydrogen-bond donors (Lipinski definition) is 1. The molecule has 11 nitrogen and oxygen atoms in total. The number of anilines is 1. The van der Waals surface area contributed by atoms with Crippen molar-refractivity contribution in [3.63, 3.8) is 0 Å². The molecule has 1 N–H and O–H groups in total. The van der Waals surface area contributed by atoms with Gasteiger partial charge in [0.25, 0.3) is 5.91 Å². The van der Waals surface area contributed by atoms with E-state index in [1.807, 2.05) is 39.1 Å². The van der Waals surface area contributed by atoms with Gasteiger partial charge in [-0.1, -0.05) is 30.3 Å². The molecule has 2 aromatic carbocycles. The van der Waals surface area contributed by atoms with E-state index in [4.69, 9.17) is 14.5 Å². The van der Waals surface area contributed by atoms with Crippen molar-refractivity contribution in [3.05, 3.63) is 102 Å². The summed E-state index contributed by atoms with van der Waals surface area (Å²) in [5.74, 6) is 1.36. The Balaban J connectivity index is 1.03. The maximum atomic E-state index is 14.4. The second kappa shape index (κ2) is 15.5. The lowest BCUT2D eigenvalue weighted by atomic mass is 9.61. The van der Waals surface area contributed by atoms with E-state index >= 15 is 0 Å². The van der Waals surface area contributed by atoms with Crippen LogP contribution in [0.4, 0.5) is 10.2 Å². The number of carbonyl (C=O) groups excluding carboxylic acids is 2. The van der Waals surface area contributed by atoms with Gasteiger partial charge in [0.2, 0.25) is 5.91 Å². The number of fused-ring (bicyclic) bond motifs is 1. The molecule has 1 aliphatic carbocycles. The molecule has 0 radical (unpaired) electrons. The molecule has 1 saturated carbocycles. The molecule has 0 bridgehead atoms. The van der Waals surface area contributed by atoms with Crippen molar-refractivity contribution >= 4 is 17.6 Å². The van der Waals surface area contributed by atoms with Crippen molar-refractivity contribution in [1.82, 2.24) is 30.1 Å². The number of benzene rings is 2. The Bertz CT molecular complexity index is 1930. The van der Waals surface area contributed by atoms with Crippen LogP contribution in [0.5, 0.6) is 17.2 Å². The van der Waals surface area contributed by atoms with Gasteiger partial charge in [-0.15, -0.1) is 0 Å². The minimum absolute atomic E-state index is 0.0338. The first kappa shape index (κ1) is 36.3. The smallest absolute Gasteiger partial charge is 0.257 e. The highest BCUT2D eigenvalue weighted by atomic mass is 19.1. The lowest BCUT2D eigenvalue weighted by Gasteiger charge is -2.59. The lowest BCUT2D eigenvalue weighted by Crippen LogP contribution is -2.65. The van der Waals surface area contributed by atoms with Gasteiger partial charge >= 0.3 is 0 Å². The summed E-state index contributed by atoms with van der Waals surface area (Å²) in [6, 6.07) is 16.5. The molecule has 4 aromatic rings. The van der Waals surface area contributed by atoms with Gasteiger partial charge in [-0.3, -0.25) is 19.5 Å². The summed E-state index contributed by atoms with van der Waals surface area (Å²) in [6.07, 6.45) is 8.42. The van der Waals surface area contributed by atoms with Crippen molar-refractivity contribution < 1.29 is 23.5 Å². The predicted octanol–water partition coefficient (Wildman–Crippen LogP) is 6.35. The molecule has 4 heterocycles. The van der Waals surface area contributed by atoms with Crippen molar-refractivity contribution in [1.29, 1.82) is 0 Å². The van der Waals surface area contributed by atoms with Crippen LogP contribution in [-0.2, 0) is 17.8 Å². The maximum Gasteiger partial charge on any atom is 0.257 e. The van der Waals surface area contributed by atoms with Crippen LogP contribution in [0.1, 0.15) is 80.2 Å². The van der Waals surface area contributed by atoms with E-state index in [1.165, 1.54) is 30.1 Å². The van der Waals surface area contributed by atoms with Crippen molar-refractivity contribution in [3.8, 4) is 17.2 Å². The topological polar surface area (TPSA) is 113 Å². The third-order valence-electron chi connectivity index (χ3n) is 10.7. The highest BCUT2D eigenvalue weighted by Crippen LogP contribution is 2.52. The summed E-state index contributed by atoms with van der Waals surface area (Å²) in [5, 5.41) is 2.99. The number of hydrogen-bond acceptors (Lipinski definition) is 9. The summed E-state index contributed by atoms with van der Waals surface area (Å²) in [7, 11) is 0. The molecule has 3 aliphatic rings. The SMILES string of the molecule is CCN(C(=O)c1cc(F)ccc1Oc1cncnc1N1CC2(CC(Oc3ccnc4c3C(CCNC(C)=O)N(Cc3ccccc3)CC4)C2)C1)C(C)C. The molecular weight excluding hydrogens is 673 g/mol. The number of amides is 2. The number of halogens is 1. The number of pyridine rings is 1. The normalized spacial score (nSPS) is 17.8. The monoisotopic (exact) mass is 721 g/mol. The average Bonchev–Trinajstić information content (AvgIpc) is 3.11. The minimum Gasteiger partial charge on any atom is -0.490 e. The molecule has 12 heteroatoms. The molecule has 2 fully saturated rings. The molecule has 53 heavy (non-hydrogen) atoms. The molecule has 1 atom stereocenters. The Morgan fingerprint density at radius 1 is 1.06 bits per heavy atom. The first-order valence-electron chi connectivity index (χ1n) is 18.6. The first-order valence-corrected chi connectivity index (χ1v) is 18.6. The molecule has 2 aromatic heterocycles. The fraction of sp³-hybridized carbons (Fsp3) is 0.439. The van der Waals surface area contributed by atoms with E-state index < -0.39 is 5.82 Å². The van der Waals surface area contributed by atoms with E-state index in [1.54, 1.807) is 18.0 Å². The molecular formula is C41H48FN7O4. The zero-order valence-electron chi connectivity index (χ0n) is 30.9. The number of nitrogens with one attached hydrogen (secondary N) is 1. The zero-order valence-corrected chi connectivity index (χ0v) is 30.9. The van der Waals surface area contributed by atoms with Gasteiger partial charge in [0, 0.05) is 81.9 Å². The van der Waals surface area contributed by atoms with Crippen molar-refractivity contribution in [2.24, 2.45) is 5.41 Å². The number of nitrogens with zero attached hydrogens (tertiary/aromatic N) is 6. The molecule has 7 rings (SSSR count). The van der Waals surface area contributed by atoms with Gasteiger partial charge in [-0.2, -0.15) is 0 Å². The zero-order chi connectivity index (χ0) is 37.1. The van der Waals surface area contributed by atoms with Crippen LogP contribution < -0.4 is 19.7 Å². The van der Waals surface area contributed by atoms with E-state index in [2.05, 4.69) is 49.4 Å². The Kier molecular flexibility index (Phi) is 10.6. The fourth-order valence-electron chi connectivity index (χ4n) is 8.20. The van der Waals surface area contributed by atoms with Crippen LogP contribution in [0.2, 0.25) is 0 Å². The lowest BCUT2D eigenvalue weighted by molar-refractivity contribution is -0.119. The molecule has 278 valence electrons.